The molecule has 0 aliphatic heterocycles. The average Bonchev–Trinajstić information content (AvgIpc) is 3.03. The van der Waals surface area contributed by atoms with Gasteiger partial charge in [0.1, 0.15) is 21.2 Å². The van der Waals surface area contributed by atoms with Crippen LogP contribution in [0.4, 0.5) is 22.7 Å². The van der Waals surface area contributed by atoms with E-state index in [2.05, 4.69) is 20.5 Å². The summed E-state index contributed by atoms with van der Waals surface area (Å²) in [5.41, 5.74) is 3.20. The summed E-state index contributed by atoms with van der Waals surface area (Å²) in [4.78, 5) is -1.15. The molecule has 0 fully saturated rings. The molecule has 0 bridgehead atoms. The summed E-state index contributed by atoms with van der Waals surface area (Å²) in [6.45, 7) is 3.69. The van der Waals surface area contributed by atoms with E-state index in [0.29, 0.717) is 32.9 Å². The molecule has 6 aromatic carbocycles. The van der Waals surface area contributed by atoms with Crippen LogP contribution in [0, 0.1) is 13.8 Å². The topological polar surface area (TPSA) is 199 Å². The van der Waals surface area contributed by atoms with Crippen LogP contribution in [0.15, 0.2) is 127 Å². The number of phenols is 2. The van der Waals surface area contributed by atoms with Gasteiger partial charge in [-0.15, -0.1) is 10.2 Å². The first-order chi connectivity index (χ1) is 22.7. The Hall–Kier alpha value is -5.54. The van der Waals surface area contributed by atoms with Gasteiger partial charge in [0.05, 0.1) is 11.4 Å². The molecule has 0 heterocycles. The first kappa shape index (κ1) is 32.4. The fraction of sp³-hybridized carbons (Fsp3) is 0.0588. The molecule has 0 spiro atoms. The number of aryl methyl sites for hydroxylation is 2. The van der Waals surface area contributed by atoms with Gasteiger partial charge < -0.3 is 10.2 Å². The van der Waals surface area contributed by atoms with Gasteiger partial charge in [-0.3, -0.25) is 9.11 Å². The molecule has 0 aliphatic rings. The van der Waals surface area contributed by atoms with Crippen LogP contribution < -0.4 is 0 Å². The molecule has 0 radical (unpaired) electrons. The van der Waals surface area contributed by atoms with Gasteiger partial charge in [0.25, 0.3) is 20.2 Å². The highest BCUT2D eigenvalue weighted by molar-refractivity contribution is 7.86. The summed E-state index contributed by atoms with van der Waals surface area (Å²) in [5.74, 6) is -0.869. The monoisotopic (exact) mass is 682 g/mol. The van der Waals surface area contributed by atoms with Gasteiger partial charge in [0, 0.05) is 10.8 Å². The van der Waals surface area contributed by atoms with Crippen molar-refractivity contribution in [3.63, 3.8) is 0 Å². The van der Waals surface area contributed by atoms with Gasteiger partial charge in [-0.25, -0.2) is 0 Å². The van der Waals surface area contributed by atoms with Crippen LogP contribution in [0.1, 0.15) is 11.1 Å². The Labute approximate surface area is 274 Å². The maximum absolute atomic E-state index is 12.1. The number of phenolic OH excluding ortho intramolecular Hbond substituents is 2. The number of rotatable bonds is 7. The van der Waals surface area contributed by atoms with E-state index in [1.54, 1.807) is 84.9 Å². The Morgan fingerprint density at radius 1 is 0.500 bits per heavy atom. The van der Waals surface area contributed by atoms with E-state index < -0.39 is 41.5 Å². The van der Waals surface area contributed by atoms with Crippen molar-refractivity contribution in [3.8, 4) is 22.6 Å². The van der Waals surface area contributed by atoms with Crippen LogP contribution in [0.5, 0.6) is 11.5 Å². The lowest BCUT2D eigenvalue weighted by Gasteiger charge is -2.11. The predicted molar refractivity (Wildman–Crippen MR) is 181 cm³/mol. The van der Waals surface area contributed by atoms with Crippen LogP contribution in [0.3, 0.4) is 0 Å². The Morgan fingerprint density at radius 2 is 0.875 bits per heavy atom. The second kappa shape index (κ2) is 12.2. The third-order valence-electron chi connectivity index (χ3n) is 7.72. The lowest BCUT2D eigenvalue weighted by atomic mass is 9.96. The van der Waals surface area contributed by atoms with Gasteiger partial charge in [-0.05, 0) is 83.3 Å². The van der Waals surface area contributed by atoms with Crippen molar-refractivity contribution in [2.75, 3.05) is 0 Å². The van der Waals surface area contributed by atoms with Crippen molar-refractivity contribution >= 4 is 64.5 Å². The van der Waals surface area contributed by atoms with E-state index in [1.165, 1.54) is 12.1 Å². The maximum atomic E-state index is 12.1. The summed E-state index contributed by atoms with van der Waals surface area (Å²) in [6.07, 6.45) is 0. The highest BCUT2D eigenvalue weighted by Gasteiger charge is 2.23. The summed E-state index contributed by atoms with van der Waals surface area (Å²) in [7, 11) is -9.46. The number of nitrogens with zero attached hydrogens (tertiary/aromatic N) is 4. The first-order valence-electron chi connectivity index (χ1n) is 14.2. The third-order valence-corrected chi connectivity index (χ3v) is 9.45. The number of azo groups is 2. The number of hydrogen-bond donors (Lipinski definition) is 4. The second-order valence-electron chi connectivity index (χ2n) is 10.9. The fourth-order valence-corrected chi connectivity index (χ4v) is 6.73. The number of benzene rings is 6. The largest absolute Gasteiger partial charge is 0.505 e. The number of fused-ring (bicyclic) bond motifs is 2. The molecule has 0 aliphatic carbocycles. The molecule has 0 amide bonds. The Kier molecular flexibility index (Phi) is 8.26. The van der Waals surface area contributed by atoms with Crippen LogP contribution in [-0.2, 0) is 20.2 Å². The molecule has 12 nitrogen and oxygen atoms in total. The molecule has 0 atom stereocenters. The third kappa shape index (κ3) is 6.24. The molecule has 4 N–H and O–H groups in total. The zero-order valence-corrected chi connectivity index (χ0v) is 26.9. The van der Waals surface area contributed by atoms with Crippen LogP contribution in [0.2, 0.25) is 0 Å². The number of hydrogen-bond acceptors (Lipinski definition) is 10. The molecular formula is C34H26N4O8S2. The highest BCUT2D eigenvalue weighted by atomic mass is 32.2. The molecule has 48 heavy (non-hydrogen) atoms. The molecule has 6 rings (SSSR count). The van der Waals surface area contributed by atoms with E-state index in [0.717, 1.165) is 22.3 Å². The quantitative estimate of drug-likeness (QED) is 0.0944. The molecule has 0 saturated heterocycles. The zero-order valence-electron chi connectivity index (χ0n) is 25.3. The van der Waals surface area contributed by atoms with Crippen molar-refractivity contribution < 1.29 is 36.2 Å². The summed E-state index contributed by atoms with van der Waals surface area (Å²) < 4.78 is 67.9. The zero-order chi connectivity index (χ0) is 34.4. The Morgan fingerprint density at radius 3 is 1.23 bits per heavy atom. The average molecular weight is 683 g/mol. The summed E-state index contributed by atoms with van der Waals surface area (Å²) >= 11 is 0. The minimum absolute atomic E-state index is 0.344. The lowest BCUT2D eigenvalue weighted by Crippen LogP contribution is -1.99. The van der Waals surface area contributed by atoms with E-state index in [9.17, 15) is 36.2 Å². The van der Waals surface area contributed by atoms with Crippen LogP contribution >= 0.6 is 0 Å². The van der Waals surface area contributed by atoms with Crippen LogP contribution in [0.25, 0.3) is 32.7 Å². The smallest absolute Gasteiger partial charge is 0.296 e. The van der Waals surface area contributed by atoms with Crippen molar-refractivity contribution in [1.29, 1.82) is 0 Å². The first-order valence-corrected chi connectivity index (χ1v) is 17.1. The maximum Gasteiger partial charge on any atom is 0.296 e. The van der Waals surface area contributed by atoms with Crippen molar-refractivity contribution in [3.05, 3.63) is 108 Å². The lowest BCUT2D eigenvalue weighted by molar-refractivity contribution is 0.471. The second-order valence-corrected chi connectivity index (χ2v) is 13.7. The van der Waals surface area contributed by atoms with Gasteiger partial charge >= 0.3 is 0 Å². The molecule has 242 valence electrons. The van der Waals surface area contributed by atoms with E-state index in [-0.39, 0.29) is 11.4 Å². The van der Waals surface area contributed by atoms with Gasteiger partial charge in [-0.1, -0.05) is 60.7 Å². The predicted octanol–water partition coefficient (Wildman–Crippen LogP) is 9.01. The minimum atomic E-state index is -4.73. The number of aromatic hydroxyl groups is 2. The summed E-state index contributed by atoms with van der Waals surface area (Å²) in [5, 5.41) is 39.3. The molecule has 0 unspecified atom stereocenters. The van der Waals surface area contributed by atoms with Gasteiger partial charge in [-0.2, -0.15) is 27.1 Å². The van der Waals surface area contributed by atoms with Gasteiger partial charge in [0.15, 0.2) is 11.5 Å². The van der Waals surface area contributed by atoms with E-state index >= 15 is 0 Å². The van der Waals surface area contributed by atoms with Crippen molar-refractivity contribution in [1.82, 2.24) is 0 Å². The van der Waals surface area contributed by atoms with E-state index in [1.807, 2.05) is 13.8 Å². The SMILES string of the molecule is Cc1cc(N=Nc2c(S(=O)(=O)O)cc3ccccc3c2O)ccc1-c1ccc(N=Nc2c(S(=O)(=O)O)cc3ccccc3c2O)cc1C. The summed E-state index contributed by atoms with van der Waals surface area (Å²) in [6, 6.07) is 25.8. The molecule has 0 saturated carbocycles. The highest BCUT2D eigenvalue weighted by Crippen LogP contribution is 2.43. The molecule has 6 aromatic rings. The standard InChI is InChI=1S/C34H26N4O8S2/c1-19-15-23(35-37-31-29(47(41,42)43)17-21-7-3-5-9-27(21)33(31)39)11-13-25(19)26-14-12-24(16-20(26)2)36-38-32-30(48(44,45)46)18-22-8-4-6-10-28(22)34(32)40/h3-18,39-40H,1-2H3,(H,41,42,43)(H,44,45,46). The van der Waals surface area contributed by atoms with Crippen molar-refractivity contribution in [2.24, 2.45) is 20.5 Å². The van der Waals surface area contributed by atoms with Crippen molar-refractivity contribution in [2.45, 2.75) is 23.6 Å². The normalized spacial score (nSPS) is 12.5. The molecule has 14 heteroatoms. The Bertz CT molecular complexity index is 2390. The van der Waals surface area contributed by atoms with Gasteiger partial charge in [0.2, 0.25) is 0 Å². The molecular weight excluding hydrogens is 657 g/mol. The fourth-order valence-electron chi connectivity index (χ4n) is 5.41. The minimum Gasteiger partial charge on any atom is -0.505 e. The molecule has 0 aromatic heterocycles. The van der Waals surface area contributed by atoms with Crippen LogP contribution in [-0.4, -0.2) is 36.2 Å². The Balaban J connectivity index is 1.31. The van der Waals surface area contributed by atoms with E-state index in [4.69, 9.17) is 0 Å².